The smallest absolute Gasteiger partial charge is 0.417 e. The van der Waals surface area contributed by atoms with Crippen LogP contribution in [0.25, 0.3) is 11.0 Å². The maximum atomic E-state index is 12.8. The van der Waals surface area contributed by atoms with Gasteiger partial charge in [-0.15, -0.1) is 0 Å². The second kappa shape index (κ2) is 4.99. The Hall–Kier alpha value is -2.31. The fourth-order valence-electron chi connectivity index (χ4n) is 1.72. The van der Waals surface area contributed by atoms with E-state index in [2.05, 4.69) is 5.32 Å². The topological polar surface area (TPSA) is 59.3 Å². The lowest BCUT2D eigenvalue weighted by atomic mass is 10.1. The standard InChI is InChI=1S/C13H10F3NO3/c1-2-11(18)17-7-3-4-8-9(13(14,15)16)6-12(19)20-10(8)5-7/h3-6H,2H2,1H3,(H,17,18). The van der Waals surface area contributed by atoms with Crippen molar-refractivity contribution in [1.82, 2.24) is 0 Å². The predicted octanol–water partition coefficient (Wildman–Crippen LogP) is 3.16. The third kappa shape index (κ3) is 2.81. The third-order valence-electron chi connectivity index (χ3n) is 2.65. The summed E-state index contributed by atoms with van der Waals surface area (Å²) in [6, 6.07) is 4.09. The zero-order chi connectivity index (χ0) is 14.9. The molecule has 7 heteroatoms. The van der Waals surface area contributed by atoms with Crippen LogP contribution < -0.4 is 10.9 Å². The van der Waals surface area contributed by atoms with E-state index in [-0.39, 0.29) is 29.0 Å². The van der Waals surface area contributed by atoms with Gasteiger partial charge in [0.15, 0.2) is 0 Å². The monoisotopic (exact) mass is 285 g/mol. The molecular weight excluding hydrogens is 275 g/mol. The molecule has 2 rings (SSSR count). The number of rotatable bonds is 2. The van der Waals surface area contributed by atoms with Gasteiger partial charge >= 0.3 is 11.8 Å². The van der Waals surface area contributed by atoms with Gasteiger partial charge in [0, 0.05) is 29.6 Å². The van der Waals surface area contributed by atoms with Gasteiger partial charge in [0.25, 0.3) is 0 Å². The highest BCUT2D eigenvalue weighted by Crippen LogP contribution is 2.34. The summed E-state index contributed by atoms with van der Waals surface area (Å²) < 4.78 is 43.2. The first-order chi connectivity index (χ1) is 9.31. The molecular formula is C13H10F3NO3. The molecule has 0 radical (unpaired) electrons. The molecule has 0 spiro atoms. The molecule has 0 fully saturated rings. The Labute approximate surface area is 111 Å². The number of nitrogens with one attached hydrogen (secondary N) is 1. The lowest BCUT2D eigenvalue weighted by Crippen LogP contribution is -2.12. The molecule has 20 heavy (non-hydrogen) atoms. The van der Waals surface area contributed by atoms with Crippen LogP contribution in [0.15, 0.2) is 33.5 Å². The van der Waals surface area contributed by atoms with E-state index in [1.165, 1.54) is 12.1 Å². The van der Waals surface area contributed by atoms with E-state index in [1.54, 1.807) is 6.92 Å². The zero-order valence-corrected chi connectivity index (χ0v) is 10.4. The largest absolute Gasteiger partial charge is 0.423 e. The number of benzene rings is 1. The van der Waals surface area contributed by atoms with Crippen molar-refractivity contribution in [1.29, 1.82) is 0 Å². The normalized spacial score (nSPS) is 11.6. The Balaban J connectivity index is 2.59. The van der Waals surface area contributed by atoms with Crippen molar-refractivity contribution in [3.63, 3.8) is 0 Å². The second-order valence-corrected chi connectivity index (χ2v) is 4.09. The van der Waals surface area contributed by atoms with E-state index in [4.69, 9.17) is 4.42 Å². The van der Waals surface area contributed by atoms with Crippen molar-refractivity contribution >= 4 is 22.6 Å². The molecule has 0 unspecified atom stereocenters. The first-order valence-corrected chi connectivity index (χ1v) is 5.76. The first-order valence-electron chi connectivity index (χ1n) is 5.76. The van der Waals surface area contributed by atoms with E-state index >= 15 is 0 Å². The second-order valence-electron chi connectivity index (χ2n) is 4.09. The first kappa shape index (κ1) is 14.1. The molecule has 0 atom stereocenters. The number of hydrogen-bond donors (Lipinski definition) is 1. The lowest BCUT2D eigenvalue weighted by molar-refractivity contribution is -0.136. The van der Waals surface area contributed by atoms with Crippen LogP contribution in [0.3, 0.4) is 0 Å². The van der Waals surface area contributed by atoms with Crippen LogP contribution in [0.1, 0.15) is 18.9 Å². The van der Waals surface area contributed by atoms with E-state index in [0.29, 0.717) is 6.07 Å². The van der Waals surface area contributed by atoms with Crippen LogP contribution in [-0.4, -0.2) is 5.91 Å². The van der Waals surface area contributed by atoms with Gasteiger partial charge < -0.3 is 9.73 Å². The van der Waals surface area contributed by atoms with Crippen molar-refractivity contribution in [3.05, 3.63) is 40.2 Å². The van der Waals surface area contributed by atoms with Crippen LogP contribution >= 0.6 is 0 Å². The number of anilines is 1. The Morgan fingerprint density at radius 2 is 2.00 bits per heavy atom. The Morgan fingerprint density at radius 3 is 2.60 bits per heavy atom. The molecule has 1 amide bonds. The summed E-state index contributed by atoms with van der Waals surface area (Å²) in [6.45, 7) is 1.64. The minimum absolute atomic E-state index is 0.223. The van der Waals surface area contributed by atoms with Crippen LogP contribution in [0.5, 0.6) is 0 Å². The van der Waals surface area contributed by atoms with Crippen molar-refractivity contribution in [2.75, 3.05) is 5.32 Å². The van der Waals surface area contributed by atoms with E-state index in [0.717, 1.165) is 6.07 Å². The highest BCUT2D eigenvalue weighted by molar-refractivity contribution is 5.93. The number of alkyl halides is 3. The predicted molar refractivity (Wildman–Crippen MR) is 66.4 cm³/mol. The fourth-order valence-corrected chi connectivity index (χ4v) is 1.72. The van der Waals surface area contributed by atoms with Crippen molar-refractivity contribution in [3.8, 4) is 0 Å². The van der Waals surface area contributed by atoms with E-state index < -0.39 is 17.4 Å². The van der Waals surface area contributed by atoms with Crippen LogP contribution in [0, 0.1) is 0 Å². The molecule has 2 aromatic rings. The summed E-state index contributed by atoms with van der Waals surface area (Å²) in [6.07, 6.45) is -4.42. The average Bonchev–Trinajstić information content (AvgIpc) is 2.36. The van der Waals surface area contributed by atoms with Gasteiger partial charge in [-0.2, -0.15) is 13.2 Å². The Kier molecular flexibility index (Phi) is 3.52. The van der Waals surface area contributed by atoms with E-state index in [1.807, 2.05) is 0 Å². The van der Waals surface area contributed by atoms with Crippen LogP contribution in [0.4, 0.5) is 18.9 Å². The molecule has 0 bridgehead atoms. The maximum Gasteiger partial charge on any atom is 0.417 e. The van der Waals surface area contributed by atoms with Gasteiger partial charge in [-0.3, -0.25) is 4.79 Å². The van der Waals surface area contributed by atoms with Gasteiger partial charge in [0.05, 0.1) is 5.56 Å². The molecule has 1 aromatic carbocycles. The minimum atomic E-state index is -4.65. The number of fused-ring (bicyclic) bond motifs is 1. The average molecular weight is 285 g/mol. The number of carbonyl (C=O) groups is 1. The molecule has 1 aromatic heterocycles. The van der Waals surface area contributed by atoms with Crippen molar-refractivity contribution in [2.45, 2.75) is 19.5 Å². The molecule has 0 saturated carbocycles. The molecule has 106 valence electrons. The summed E-state index contributed by atoms with van der Waals surface area (Å²) in [5, 5.41) is 2.25. The van der Waals surface area contributed by atoms with Crippen molar-refractivity contribution < 1.29 is 22.4 Å². The van der Waals surface area contributed by atoms with Gasteiger partial charge in [-0.1, -0.05) is 6.92 Å². The highest BCUT2D eigenvalue weighted by atomic mass is 19.4. The molecule has 4 nitrogen and oxygen atoms in total. The number of halogens is 3. The third-order valence-corrected chi connectivity index (χ3v) is 2.65. The lowest BCUT2D eigenvalue weighted by Gasteiger charge is -2.10. The summed E-state index contributed by atoms with van der Waals surface area (Å²) in [4.78, 5) is 22.4. The summed E-state index contributed by atoms with van der Waals surface area (Å²) in [7, 11) is 0. The highest BCUT2D eigenvalue weighted by Gasteiger charge is 2.33. The van der Waals surface area contributed by atoms with Gasteiger partial charge in [0.1, 0.15) is 5.58 Å². The van der Waals surface area contributed by atoms with Crippen LogP contribution in [0.2, 0.25) is 0 Å². The number of amides is 1. The number of hydrogen-bond acceptors (Lipinski definition) is 3. The molecule has 0 aliphatic carbocycles. The van der Waals surface area contributed by atoms with Crippen molar-refractivity contribution in [2.24, 2.45) is 0 Å². The van der Waals surface area contributed by atoms with Gasteiger partial charge in [-0.05, 0) is 12.1 Å². The zero-order valence-electron chi connectivity index (χ0n) is 10.4. The SMILES string of the molecule is CCC(=O)Nc1ccc2c(C(F)(F)F)cc(=O)oc2c1. The van der Waals surface area contributed by atoms with Crippen LogP contribution in [-0.2, 0) is 11.0 Å². The quantitative estimate of drug-likeness (QED) is 0.862. The molecule has 0 aliphatic heterocycles. The van der Waals surface area contributed by atoms with Gasteiger partial charge in [0.2, 0.25) is 5.91 Å². The Bertz CT molecular complexity index is 719. The van der Waals surface area contributed by atoms with E-state index in [9.17, 15) is 22.8 Å². The maximum absolute atomic E-state index is 12.8. The molecule has 1 N–H and O–H groups in total. The van der Waals surface area contributed by atoms with Gasteiger partial charge in [-0.25, -0.2) is 4.79 Å². The molecule has 0 aliphatic rings. The minimum Gasteiger partial charge on any atom is -0.423 e. The summed E-state index contributed by atoms with van der Waals surface area (Å²) >= 11 is 0. The summed E-state index contributed by atoms with van der Waals surface area (Å²) in [5.41, 5.74) is -2.11. The summed E-state index contributed by atoms with van der Waals surface area (Å²) in [5.74, 6) is -0.293. The fraction of sp³-hybridized carbons (Fsp3) is 0.231. The molecule has 0 saturated heterocycles. The Morgan fingerprint density at radius 1 is 1.30 bits per heavy atom. The number of carbonyl (C=O) groups excluding carboxylic acids is 1. The molecule has 1 heterocycles.